The zero-order valence-electron chi connectivity index (χ0n) is 15.9. The minimum atomic E-state index is -0.975. The van der Waals surface area contributed by atoms with Gasteiger partial charge in [-0.15, -0.1) is 0 Å². The molecule has 0 unspecified atom stereocenters. The number of hydrogen-bond acceptors (Lipinski definition) is 5. The Kier molecular flexibility index (Phi) is 7.12. The zero-order chi connectivity index (χ0) is 19.1. The summed E-state index contributed by atoms with van der Waals surface area (Å²) in [7, 11) is 0. The van der Waals surface area contributed by atoms with Crippen molar-refractivity contribution >= 4 is 5.97 Å². The Hall–Kier alpha value is -2.05. The highest BCUT2D eigenvalue weighted by Crippen LogP contribution is 2.44. The summed E-state index contributed by atoms with van der Waals surface area (Å²) in [6, 6.07) is 7.65. The van der Waals surface area contributed by atoms with Crippen LogP contribution in [0.5, 0.6) is 5.75 Å². The molecule has 1 aromatic carbocycles. The van der Waals surface area contributed by atoms with E-state index in [1.807, 2.05) is 24.4 Å². The second-order valence-corrected chi connectivity index (χ2v) is 7.20. The van der Waals surface area contributed by atoms with Crippen molar-refractivity contribution in [1.82, 2.24) is 5.48 Å². The van der Waals surface area contributed by atoms with Crippen molar-refractivity contribution in [3.05, 3.63) is 41.6 Å². The van der Waals surface area contributed by atoms with Crippen molar-refractivity contribution < 1.29 is 24.2 Å². The molecule has 1 aromatic rings. The first-order valence-electron chi connectivity index (χ1n) is 9.83. The maximum atomic E-state index is 10.7. The molecular formula is C21H29NO5. The third-order valence-electron chi connectivity index (χ3n) is 5.18. The molecule has 0 amide bonds. The fourth-order valence-corrected chi connectivity index (χ4v) is 3.86. The predicted molar refractivity (Wildman–Crippen MR) is 101 cm³/mol. The smallest absolute Gasteiger partial charge is 0.341 e. The van der Waals surface area contributed by atoms with Crippen molar-refractivity contribution in [2.24, 2.45) is 5.92 Å². The van der Waals surface area contributed by atoms with E-state index in [1.165, 1.54) is 18.4 Å². The number of ether oxygens (including phenoxy) is 2. The number of rotatable bonds is 11. The van der Waals surface area contributed by atoms with Crippen LogP contribution < -0.4 is 10.2 Å². The average Bonchev–Trinajstić information content (AvgIpc) is 3.26. The van der Waals surface area contributed by atoms with Crippen LogP contribution in [-0.4, -0.2) is 36.5 Å². The highest BCUT2D eigenvalue weighted by molar-refractivity contribution is 5.68. The summed E-state index contributed by atoms with van der Waals surface area (Å²) in [5, 5.41) is 8.76. The van der Waals surface area contributed by atoms with Gasteiger partial charge in [0, 0.05) is 12.1 Å². The van der Waals surface area contributed by atoms with Crippen LogP contribution in [-0.2, 0) is 20.8 Å². The number of unbranched alkanes of at least 4 members (excludes halogenated alkanes) is 2. The molecule has 3 atom stereocenters. The second kappa shape index (κ2) is 9.76. The van der Waals surface area contributed by atoms with Gasteiger partial charge in [-0.2, -0.15) is 0 Å². The van der Waals surface area contributed by atoms with Crippen LogP contribution in [0.3, 0.4) is 0 Å². The molecular weight excluding hydrogens is 346 g/mol. The average molecular weight is 375 g/mol. The minimum Gasteiger partial charge on any atom is -0.482 e. The number of hydroxylamine groups is 1. The molecule has 148 valence electrons. The minimum absolute atomic E-state index is 0.179. The fourth-order valence-electron chi connectivity index (χ4n) is 3.86. The molecule has 2 bridgehead atoms. The largest absolute Gasteiger partial charge is 0.482 e. The highest BCUT2D eigenvalue weighted by Gasteiger charge is 2.44. The van der Waals surface area contributed by atoms with Crippen LogP contribution in [0.4, 0.5) is 0 Å². The summed E-state index contributed by atoms with van der Waals surface area (Å²) in [5.74, 6) is -0.0794. The number of fused-ring (bicyclic) bond motifs is 2. The number of hydrogen-bond donors (Lipinski definition) is 2. The van der Waals surface area contributed by atoms with E-state index < -0.39 is 5.97 Å². The molecule has 0 spiro atoms. The molecule has 2 aliphatic heterocycles. The van der Waals surface area contributed by atoms with Gasteiger partial charge in [0.2, 0.25) is 0 Å². The zero-order valence-corrected chi connectivity index (χ0v) is 15.9. The fraction of sp³-hybridized carbons (Fsp3) is 0.571. The molecule has 2 aliphatic rings. The molecule has 3 rings (SSSR count). The third-order valence-corrected chi connectivity index (χ3v) is 5.18. The van der Waals surface area contributed by atoms with E-state index in [0.29, 0.717) is 18.3 Å². The van der Waals surface area contributed by atoms with Gasteiger partial charge in [-0.1, -0.05) is 31.9 Å². The standard InChI is InChI=1S/C21H29NO5/c1-2-3-4-10-26-22-13-18-17(19-8-9-20(18)27-19)12-15-6-5-7-16(11-15)25-14-21(23)24/h5-7,11,13,17,19-20,22H,2-4,8-10,12,14H2,1H3,(H,23,24)/t17-,19-,20+/m0/s1. The molecule has 27 heavy (non-hydrogen) atoms. The molecule has 2 N–H and O–H groups in total. The summed E-state index contributed by atoms with van der Waals surface area (Å²) < 4.78 is 11.4. The first-order valence-corrected chi connectivity index (χ1v) is 9.83. The Labute approximate surface area is 160 Å². The highest BCUT2D eigenvalue weighted by atomic mass is 16.6. The van der Waals surface area contributed by atoms with E-state index >= 15 is 0 Å². The lowest BCUT2D eigenvalue weighted by molar-refractivity contribution is -0.139. The van der Waals surface area contributed by atoms with E-state index in [1.54, 1.807) is 6.07 Å². The molecule has 2 saturated heterocycles. The lowest BCUT2D eigenvalue weighted by Gasteiger charge is -2.22. The van der Waals surface area contributed by atoms with Crippen molar-refractivity contribution in [3.63, 3.8) is 0 Å². The van der Waals surface area contributed by atoms with Gasteiger partial charge >= 0.3 is 5.97 Å². The van der Waals surface area contributed by atoms with Gasteiger partial charge in [0.1, 0.15) is 5.75 Å². The van der Waals surface area contributed by atoms with Crippen LogP contribution in [0.15, 0.2) is 36.0 Å². The Morgan fingerprint density at radius 1 is 1.37 bits per heavy atom. The van der Waals surface area contributed by atoms with Gasteiger partial charge in [-0.05, 0) is 49.0 Å². The van der Waals surface area contributed by atoms with E-state index in [2.05, 4.69) is 12.4 Å². The van der Waals surface area contributed by atoms with Crippen LogP contribution in [0, 0.1) is 5.92 Å². The Balaban J connectivity index is 1.59. The van der Waals surface area contributed by atoms with Gasteiger partial charge in [0.25, 0.3) is 0 Å². The molecule has 6 heteroatoms. The van der Waals surface area contributed by atoms with Crippen LogP contribution >= 0.6 is 0 Å². The first kappa shape index (κ1) is 19.7. The van der Waals surface area contributed by atoms with E-state index in [4.69, 9.17) is 19.4 Å². The predicted octanol–water partition coefficient (Wildman–Crippen LogP) is 3.47. The van der Waals surface area contributed by atoms with E-state index in [9.17, 15) is 4.79 Å². The van der Waals surface area contributed by atoms with Gasteiger partial charge in [-0.3, -0.25) is 10.3 Å². The van der Waals surface area contributed by atoms with E-state index in [-0.39, 0.29) is 18.8 Å². The molecule has 0 saturated carbocycles. The van der Waals surface area contributed by atoms with Gasteiger partial charge < -0.3 is 14.6 Å². The summed E-state index contributed by atoms with van der Waals surface area (Å²) in [4.78, 5) is 16.2. The second-order valence-electron chi connectivity index (χ2n) is 7.20. The van der Waals surface area contributed by atoms with Crippen molar-refractivity contribution in [3.8, 4) is 5.75 Å². The lowest BCUT2D eigenvalue weighted by Crippen LogP contribution is -2.23. The number of aliphatic carboxylic acids is 1. The topological polar surface area (TPSA) is 77.0 Å². The normalized spacial score (nSPS) is 25.1. The number of nitrogens with one attached hydrogen (secondary N) is 1. The number of benzene rings is 1. The monoisotopic (exact) mass is 375 g/mol. The number of carbonyl (C=O) groups is 1. The lowest BCUT2D eigenvalue weighted by atomic mass is 9.81. The SMILES string of the molecule is CCCCCONC=C1[C@H]2CC[C@H](O2)[C@H]1Cc1cccc(OCC(=O)O)c1. The molecule has 2 heterocycles. The summed E-state index contributed by atoms with van der Waals surface area (Å²) >= 11 is 0. The summed E-state index contributed by atoms with van der Waals surface area (Å²) in [6.45, 7) is 2.56. The Morgan fingerprint density at radius 2 is 2.26 bits per heavy atom. The summed E-state index contributed by atoms with van der Waals surface area (Å²) in [5.41, 5.74) is 5.38. The third kappa shape index (κ3) is 5.47. The van der Waals surface area contributed by atoms with Crippen molar-refractivity contribution in [2.75, 3.05) is 13.2 Å². The van der Waals surface area contributed by atoms with Crippen LogP contribution in [0.1, 0.15) is 44.6 Å². The molecule has 0 radical (unpaired) electrons. The quantitative estimate of drug-likeness (QED) is 0.456. The molecule has 0 aromatic heterocycles. The van der Waals surface area contributed by atoms with E-state index in [0.717, 1.165) is 31.2 Å². The van der Waals surface area contributed by atoms with Crippen molar-refractivity contribution in [1.29, 1.82) is 0 Å². The maximum Gasteiger partial charge on any atom is 0.341 e. The first-order chi connectivity index (χ1) is 13.2. The molecule has 2 fully saturated rings. The van der Waals surface area contributed by atoms with Crippen LogP contribution in [0.25, 0.3) is 0 Å². The maximum absolute atomic E-state index is 10.7. The van der Waals surface area contributed by atoms with Crippen LogP contribution in [0.2, 0.25) is 0 Å². The van der Waals surface area contributed by atoms with Crippen molar-refractivity contribution in [2.45, 2.75) is 57.7 Å². The van der Waals surface area contributed by atoms with Gasteiger partial charge in [0.15, 0.2) is 6.61 Å². The number of carboxylic acid groups (broad SMARTS) is 1. The molecule has 0 aliphatic carbocycles. The molecule has 6 nitrogen and oxygen atoms in total. The Bertz CT molecular complexity index is 660. The Morgan fingerprint density at radius 3 is 3.07 bits per heavy atom. The van der Waals surface area contributed by atoms with Gasteiger partial charge in [-0.25, -0.2) is 4.79 Å². The number of carboxylic acids is 1. The summed E-state index contributed by atoms with van der Waals surface area (Å²) in [6.07, 6.45) is 8.80. The van der Waals surface area contributed by atoms with Gasteiger partial charge in [0.05, 0.1) is 18.8 Å².